The van der Waals surface area contributed by atoms with Crippen LogP contribution in [0.3, 0.4) is 0 Å². The minimum atomic E-state index is -5.06. The molecular weight excluding hydrogens is 765 g/mol. The summed E-state index contributed by atoms with van der Waals surface area (Å²) < 4.78 is 59.0. The Bertz CT molecular complexity index is 1120. The van der Waals surface area contributed by atoms with Crippen molar-refractivity contribution in [3.8, 4) is 0 Å². The van der Waals surface area contributed by atoms with E-state index in [-0.39, 0.29) is 19.6 Å². The van der Waals surface area contributed by atoms with Crippen LogP contribution in [0.2, 0.25) is 0 Å². The van der Waals surface area contributed by atoms with Gasteiger partial charge in [-0.15, -0.1) is 0 Å². The van der Waals surface area contributed by atoms with Crippen molar-refractivity contribution in [3.05, 3.63) is 24.3 Å². The number of ether oxygens (including phenoxy) is 4. The van der Waals surface area contributed by atoms with Gasteiger partial charge in [-0.05, 0) is 38.5 Å². The number of esters is 1. The molecule has 1 heterocycles. The number of hydrogen-bond donors (Lipinski definition) is 4. The van der Waals surface area contributed by atoms with Crippen LogP contribution in [0.1, 0.15) is 194 Å². The molecule has 0 aliphatic carbocycles. The number of carbonyl (C=O) groups is 1. The van der Waals surface area contributed by atoms with E-state index < -0.39 is 59.8 Å². The molecule has 6 unspecified atom stereocenters. The highest BCUT2D eigenvalue weighted by molar-refractivity contribution is 7.80. The van der Waals surface area contributed by atoms with E-state index >= 15 is 0 Å². The first-order valence-electron chi connectivity index (χ1n) is 23.1. The van der Waals surface area contributed by atoms with Gasteiger partial charge in [-0.2, -0.15) is 8.42 Å². The predicted octanol–water partition coefficient (Wildman–Crippen LogP) is 9.63. The summed E-state index contributed by atoms with van der Waals surface area (Å²) in [7, 11) is -5.06. The van der Waals surface area contributed by atoms with Gasteiger partial charge in [0.25, 0.3) is 0 Å². The number of rotatable bonds is 40. The second-order valence-electron chi connectivity index (χ2n) is 16.0. The Hall–Kier alpha value is -1.42. The van der Waals surface area contributed by atoms with Crippen LogP contribution >= 0.6 is 0 Å². The van der Waals surface area contributed by atoms with Gasteiger partial charge < -0.3 is 34.3 Å². The van der Waals surface area contributed by atoms with Crippen molar-refractivity contribution in [2.45, 2.75) is 230 Å². The monoisotopic (exact) mass is 849 g/mol. The first-order valence-corrected chi connectivity index (χ1v) is 24.5. The quantitative estimate of drug-likeness (QED) is 0.0199. The van der Waals surface area contributed by atoms with Crippen molar-refractivity contribution in [3.63, 3.8) is 0 Å². The van der Waals surface area contributed by atoms with Crippen LogP contribution in [0.5, 0.6) is 0 Å². The van der Waals surface area contributed by atoms with Crippen LogP contribution in [-0.2, 0) is 38.3 Å². The second kappa shape index (κ2) is 37.4. The molecule has 1 aliphatic heterocycles. The SMILES string of the molecule is CCCC/C=C\C/C=C\CCCCCCCC(=O)OC(COCCCCCCCCCCCCCCCCCCC)COC1OC(CO)C(O)C(OS(=O)(=O)O)C1O. The summed E-state index contributed by atoms with van der Waals surface area (Å²) in [5.41, 5.74) is 0. The van der Waals surface area contributed by atoms with Gasteiger partial charge in [0.05, 0.1) is 19.8 Å². The summed E-state index contributed by atoms with van der Waals surface area (Å²) in [6, 6.07) is 0. The fourth-order valence-corrected chi connectivity index (χ4v) is 7.55. The van der Waals surface area contributed by atoms with Gasteiger partial charge in [-0.3, -0.25) is 9.35 Å². The smallest absolute Gasteiger partial charge is 0.397 e. The maximum Gasteiger partial charge on any atom is 0.397 e. The lowest BCUT2D eigenvalue weighted by Crippen LogP contribution is -2.60. The average Bonchev–Trinajstić information content (AvgIpc) is 3.19. The third-order valence-corrected chi connectivity index (χ3v) is 11.0. The van der Waals surface area contributed by atoms with E-state index in [0.29, 0.717) is 13.0 Å². The van der Waals surface area contributed by atoms with Crippen LogP contribution in [0.4, 0.5) is 0 Å². The lowest BCUT2D eigenvalue weighted by atomic mass is 9.99. The molecule has 0 spiro atoms. The Morgan fingerprint density at radius 3 is 1.69 bits per heavy atom. The molecule has 0 aromatic carbocycles. The Morgan fingerprint density at radius 2 is 1.16 bits per heavy atom. The van der Waals surface area contributed by atoms with E-state index in [1.165, 1.54) is 103 Å². The minimum absolute atomic E-state index is 0.0342. The van der Waals surface area contributed by atoms with Gasteiger partial charge in [0, 0.05) is 13.0 Å². The summed E-state index contributed by atoms with van der Waals surface area (Å²) in [6.07, 6.45) is 32.1. The third kappa shape index (κ3) is 30.6. The van der Waals surface area contributed by atoms with Gasteiger partial charge in [0.2, 0.25) is 0 Å². The van der Waals surface area contributed by atoms with Crippen molar-refractivity contribution in [2.24, 2.45) is 0 Å². The fourth-order valence-electron chi connectivity index (χ4n) is 7.04. The van der Waals surface area contributed by atoms with Crippen LogP contribution < -0.4 is 0 Å². The highest BCUT2D eigenvalue weighted by Crippen LogP contribution is 2.26. The lowest BCUT2D eigenvalue weighted by molar-refractivity contribution is -0.301. The zero-order valence-electron chi connectivity index (χ0n) is 36.4. The van der Waals surface area contributed by atoms with Crippen molar-refractivity contribution in [2.75, 3.05) is 26.4 Å². The molecule has 342 valence electrons. The van der Waals surface area contributed by atoms with Gasteiger partial charge in [-0.1, -0.05) is 173 Å². The van der Waals surface area contributed by atoms with Gasteiger partial charge in [0.1, 0.15) is 30.5 Å². The largest absolute Gasteiger partial charge is 0.457 e. The van der Waals surface area contributed by atoms with E-state index in [1.54, 1.807) is 0 Å². The molecule has 1 aliphatic rings. The lowest BCUT2D eigenvalue weighted by Gasteiger charge is -2.41. The zero-order chi connectivity index (χ0) is 42.5. The maximum atomic E-state index is 12.8. The van der Waals surface area contributed by atoms with Crippen LogP contribution in [0.15, 0.2) is 24.3 Å². The number of hydrogen-bond acceptors (Lipinski definition) is 11. The predicted molar refractivity (Wildman–Crippen MR) is 230 cm³/mol. The number of aliphatic hydroxyl groups is 3. The molecule has 0 bridgehead atoms. The molecule has 4 N–H and O–H groups in total. The minimum Gasteiger partial charge on any atom is -0.457 e. The summed E-state index contributed by atoms with van der Waals surface area (Å²) in [4.78, 5) is 12.8. The van der Waals surface area contributed by atoms with E-state index in [2.05, 4.69) is 42.3 Å². The first-order chi connectivity index (χ1) is 28.1. The van der Waals surface area contributed by atoms with Crippen molar-refractivity contribution >= 4 is 16.4 Å². The maximum absolute atomic E-state index is 12.8. The Balaban J connectivity index is 2.42. The molecule has 0 aromatic heterocycles. The van der Waals surface area contributed by atoms with Crippen LogP contribution in [0.25, 0.3) is 0 Å². The average molecular weight is 849 g/mol. The molecule has 1 fully saturated rings. The fraction of sp³-hybridized carbons (Fsp3) is 0.889. The van der Waals surface area contributed by atoms with E-state index in [9.17, 15) is 28.5 Å². The number of allylic oxidation sites excluding steroid dienone is 4. The Labute approximate surface area is 352 Å². The Kier molecular flexibility index (Phi) is 35.2. The molecule has 0 radical (unpaired) electrons. The molecule has 58 heavy (non-hydrogen) atoms. The summed E-state index contributed by atoms with van der Waals surface area (Å²) >= 11 is 0. The van der Waals surface area contributed by atoms with Crippen molar-refractivity contribution in [1.82, 2.24) is 0 Å². The Morgan fingerprint density at radius 1 is 0.655 bits per heavy atom. The van der Waals surface area contributed by atoms with Gasteiger partial charge in [-0.25, -0.2) is 4.18 Å². The summed E-state index contributed by atoms with van der Waals surface area (Å²) in [5, 5.41) is 30.6. The molecule has 0 amide bonds. The second-order valence-corrected chi connectivity index (χ2v) is 17.0. The van der Waals surface area contributed by atoms with Crippen LogP contribution in [-0.4, -0.2) is 97.5 Å². The highest BCUT2D eigenvalue weighted by Gasteiger charge is 2.48. The zero-order valence-corrected chi connectivity index (χ0v) is 37.2. The standard InChI is InChI=1S/C45H84O12S/c1-3-5-7-9-11-13-15-17-19-20-21-23-25-27-29-31-33-35-53-37-39(38-54-45-43(49)44(57-58(50,51)52)42(48)40(36-46)56-45)55-41(47)34-32-30-28-26-24-22-18-16-14-12-10-8-6-4-2/h10,12,16,18,39-40,42-46,48-49H,3-9,11,13-15,17,19-38H2,1-2H3,(H,50,51,52)/b12-10-,18-16-. The molecule has 0 saturated carbocycles. The normalized spacial score (nSPS) is 20.7. The highest BCUT2D eigenvalue weighted by atomic mass is 32.3. The third-order valence-electron chi connectivity index (χ3n) is 10.6. The van der Waals surface area contributed by atoms with E-state index in [1.807, 2.05) is 0 Å². The first kappa shape index (κ1) is 54.6. The van der Waals surface area contributed by atoms with Crippen LogP contribution in [0, 0.1) is 0 Å². The van der Waals surface area contributed by atoms with E-state index in [0.717, 1.165) is 64.2 Å². The van der Waals surface area contributed by atoms with Crippen molar-refractivity contribution < 1.29 is 56.2 Å². The molecular formula is C45H84O12S. The van der Waals surface area contributed by atoms with Gasteiger partial charge >= 0.3 is 16.4 Å². The van der Waals surface area contributed by atoms with E-state index in [4.69, 9.17) is 23.5 Å². The molecule has 13 heteroatoms. The van der Waals surface area contributed by atoms with Crippen molar-refractivity contribution in [1.29, 1.82) is 0 Å². The molecule has 12 nitrogen and oxygen atoms in total. The van der Waals surface area contributed by atoms with Gasteiger partial charge in [0.15, 0.2) is 6.29 Å². The molecule has 0 aromatic rings. The summed E-state index contributed by atoms with van der Waals surface area (Å²) in [5.74, 6) is -0.411. The number of carbonyl (C=O) groups excluding carboxylic acids is 1. The number of unbranched alkanes of at least 4 members (excludes halogenated alkanes) is 23. The number of aliphatic hydroxyl groups excluding tert-OH is 3. The summed E-state index contributed by atoms with van der Waals surface area (Å²) in [6.45, 7) is 3.95. The molecule has 1 rings (SSSR count). The topological polar surface area (TPSA) is 178 Å². The molecule has 1 saturated heterocycles. The molecule has 6 atom stereocenters.